The molecular weight excluding hydrogens is 332 g/mol. The number of fused-ring (bicyclic) bond motifs is 3. The van der Waals surface area contributed by atoms with Crippen LogP contribution in [-0.2, 0) is 0 Å². The minimum atomic E-state index is 0.823. The van der Waals surface area contributed by atoms with Gasteiger partial charge in [-0.3, -0.25) is 9.97 Å². The van der Waals surface area contributed by atoms with Crippen LogP contribution in [0.2, 0.25) is 0 Å². The van der Waals surface area contributed by atoms with Crippen molar-refractivity contribution in [1.82, 2.24) is 9.97 Å². The van der Waals surface area contributed by atoms with Gasteiger partial charge in [0.15, 0.2) is 5.58 Å². The van der Waals surface area contributed by atoms with Gasteiger partial charge in [0.1, 0.15) is 5.52 Å². The first-order valence-corrected chi connectivity index (χ1v) is 8.99. The lowest BCUT2D eigenvalue weighted by Gasteiger charge is -2.10. The fourth-order valence-electron chi connectivity index (χ4n) is 3.53. The first-order valence-electron chi connectivity index (χ1n) is 8.99. The second kappa shape index (κ2) is 6.06. The van der Waals surface area contributed by atoms with E-state index in [1.54, 1.807) is 6.26 Å². The molecule has 130 valence electrons. The average molecular weight is 350 g/mol. The summed E-state index contributed by atoms with van der Waals surface area (Å²) in [5, 5.41) is 2.10. The fraction of sp³-hybridized carbons (Fsp3) is 0.0833. The molecule has 0 aliphatic carbocycles. The van der Waals surface area contributed by atoms with Gasteiger partial charge in [-0.15, -0.1) is 0 Å². The van der Waals surface area contributed by atoms with E-state index >= 15 is 0 Å². The van der Waals surface area contributed by atoms with Crippen molar-refractivity contribution >= 4 is 21.9 Å². The molecule has 5 rings (SSSR count). The van der Waals surface area contributed by atoms with E-state index in [1.807, 2.05) is 18.5 Å². The molecule has 0 saturated heterocycles. The first-order chi connectivity index (χ1) is 13.2. The summed E-state index contributed by atoms with van der Waals surface area (Å²) in [7, 11) is 0. The number of hydrogen-bond acceptors (Lipinski definition) is 3. The molecule has 0 N–H and O–H groups in total. The summed E-state index contributed by atoms with van der Waals surface area (Å²) in [4.78, 5) is 9.30. The molecule has 0 spiro atoms. The Labute approximate surface area is 157 Å². The maximum absolute atomic E-state index is 5.68. The van der Waals surface area contributed by atoms with Crippen molar-refractivity contribution in [2.75, 3.05) is 0 Å². The van der Waals surface area contributed by atoms with Gasteiger partial charge in [-0.05, 0) is 60.9 Å². The van der Waals surface area contributed by atoms with Crippen LogP contribution < -0.4 is 0 Å². The van der Waals surface area contributed by atoms with Crippen molar-refractivity contribution < 1.29 is 4.42 Å². The number of benzene rings is 2. The third kappa shape index (κ3) is 2.68. The highest BCUT2D eigenvalue weighted by Gasteiger charge is 2.13. The molecule has 0 bridgehead atoms. The molecular formula is C24H18N2O. The number of furan rings is 1. The maximum Gasteiger partial charge on any atom is 0.160 e. The van der Waals surface area contributed by atoms with E-state index in [1.165, 1.54) is 11.1 Å². The van der Waals surface area contributed by atoms with Crippen LogP contribution in [0.25, 0.3) is 44.3 Å². The molecule has 3 aromatic heterocycles. The topological polar surface area (TPSA) is 38.9 Å². The lowest BCUT2D eigenvalue weighted by Crippen LogP contribution is -1.90. The van der Waals surface area contributed by atoms with Gasteiger partial charge < -0.3 is 4.42 Å². The predicted molar refractivity (Wildman–Crippen MR) is 110 cm³/mol. The molecule has 0 amide bonds. The quantitative estimate of drug-likeness (QED) is 0.373. The molecule has 0 fully saturated rings. The number of aromatic nitrogens is 2. The van der Waals surface area contributed by atoms with Crippen LogP contribution in [0.4, 0.5) is 0 Å². The van der Waals surface area contributed by atoms with Gasteiger partial charge >= 0.3 is 0 Å². The molecule has 0 atom stereocenters. The highest BCUT2D eigenvalue weighted by molar-refractivity contribution is 6.09. The summed E-state index contributed by atoms with van der Waals surface area (Å²) in [6.45, 7) is 4.15. The van der Waals surface area contributed by atoms with Gasteiger partial charge in [-0.2, -0.15) is 0 Å². The third-order valence-electron chi connectivity index (χ3n) is 4.95. The van der Waals surface area contributed by atoms with Gasteiger partial charge in [0.05, 0.1) is 12.0 Å². The average Bonchev–Trinajstić information content (AvgIpc) is 3.16. The molecule has 3 heteroatoms. The number of nitrogens with zero attached hydrogens (tertiary/aromatic N) is 2. The molecule has 2 aromatic carbocycles. The zero-order valence-electron chi connectivity index (χ0n) is 15.2. The first kappa shape index (κ1) is 15.8. The summed E-state index contributed by atoms with van der Waals surface area (Å²) in [5.74, 6) is 0. The smallest absolute Gasteiger partial charge is 0.160 e. The van der Waals surface area contributed by atoms with Crippen molar-refractivity contribution in [1.29, 1.82) is 0 Å². The van der Waals surface area contributed by atoms with Crippen LogP contribution in [0.3, 0.4) is 0 Å². The van der Waals surface area contributed by atoms with E-state index in [0.29, 0.717) is 0 Å². The predicted octanol–water partition coefficient (Wildman–Crippen LogP) is 6.33. The minimum Gasteiger partial charge on any atom is -0.462 e. The van der Waals surface area contributed by atoms with Gasteiger partial charge in [0.2, 0.25) is 0 Å². The Morgan fingerprint density at radius 2 is 1.63 bits per heavy atom. The minimum absolute atomic E-state index is 0.823. The Morgan fingerprint density at radius 1 is 0.778 bits per heavy atom. The standard InChI is InChI=1S/C24H18N2O/c1-15-3-5-17(6-4-15)18-7-9-25-22(13-18)20-12-19-8-10-27-24(19)23-21(20)11-16(2)14-26-23/h3-14H,1-2H3. The second-order valence-electron chi connectivity index (χ2n) is 6.97. The number of rotatable bonds is 2. The van der Waals surface area contributed by atoms with Crippen molar-refractivity contribution in [3.05, 3.63) is 84.4 Å². The van der Waals surface area contributed by atoms with Gasteiger partial charge in [-0.25, -0.2) is 0 Å². The molecule has 5 aromatic rings. The van der Waals surface area contributed by atoms with Crippen LogP contribution in [0.15, 0.2) is 77.7 Å². The lowest BCUT2D eigenvalue weighted by molar-refractivity contribution is 0.618. The van der Waals surface area contributed by atoms with Crippen molar-refractivity contribution in [3.63, 3.8) is 0 Å². The monoisotopic (exact) mass is 350 g/mol. The zero-order valence-corrected chi connectivity index (χ0v) is 15.2. The van der Waals surface area contributed by atoms with Crippen molar-refractivity contribution in [3.8, 4) is 22.4 Å². The molecule has 0 aliphatic rings. The summed E-state index contributed by atoms with van der Waals surface area (Å²) in [5.41, 5.74) is 8.42. The Bertz CT molecular complexity index is 1280. The highest BCUT2D eigenvalue weighted by Crippen LogP contribution is 2.35. The third-order valence-corrected chi connectivity index (χ3v) is 4.95. The molecule has 0 saturated carbocycles. The largest absolute Gasteiger partial charge is 0.462 e. The summed E-state index contributed by atoms with van der Waals surface area (Å²) in [6, 6.07) is 19.0. The molecule has 3 nitrogen and oxygen atoms in total. The number of pyridine rings is 2. The van der Waals surface area contributed by atoms with Crippen molar-refractivity contribution in [2.45, 2.75) is 13.8 Å². The normalized spacial score (nSPS) is 11.3. The molecule has 0 radical (unpaired) electrons. The Morgan fingerprint density at radius 3 is 2.48 bits per heavy atom. The molecule has 3 heterocycles. The van der Waals surface area contributed by atoms with E-state index in [0.717, 1.165) is 44.3 Å². The lowest BCUT2D eigenvalue weighted by atomic mass is 9.98. The number of aryl methyl sites for hydroxylation is 2. The van der Waals surface area contributed by atoms with Gasteiger partial charge in [0, 0.05) is 28.7 Å². The summed E-state index contributed by atoms with van der Waals surface area (Å²) >= 11 is 0. The summed E-state index contributed by atoms with van der Waals surface area (Å²) < 4.78 is 5.68. The Balaban J connectivity index is 1.76. The van der Waals surface area contributed by atoms with Crippen LogP contribution in [-0.4, -0.2) is 9.97 Å². The second-order valence-corrected chi connectivity index (χ2v) is 6.97. The van der Waals surface area contributed by atoms with Crippen LogP contribution >= 0.6 is 0 Å². The van der Waals surface area contributed by atoms with Gasteiger partial charge in [-0.1, -0.05) is 29.8 Å². The summed E-state index contributed by atoms with van der Waals surface area (Å²) in [6.07, 6.45) is 5.47. The Hall–Kier alpha value is -3.46. The van der Waals surface area contributed by atoms with Crippen molar-refractivity contribution in [2.24, 2.45) is 0 Å². The Kier molecular flexibility index (Phi) is 3.54. The van der Waals surface area contributed by atoms with Crippen LogP contribution in [0.5, 0.6) is 0 Å². The fourth-order valence-corrected chi connectivity index (χ4v) is 3.53. The molecule has 0 unspecified atom stereocenters. The SMILES string of the molecule is Cc1ccc(-c2ccnc(-c3cc4ccoc4c4ncc(C)cc34)c2)cc1. The van der Waals surface area contributed by atoms with Crippen LogP contribution in [0, 0.1) is 13.8 Å². The van der Waals surface area contributed by atoms with E-state index < -0.39 is 0 Å². The van der Waals surface area contributed by atoms with E-state index in [9.17, 15) is 0 Å². The zero-order chi connectivity index (χ0) is 18.4. The van der Waals surface area contributed by atoms with Crippen LogP contribution in [0.1, 0.15) is 11.1 Å². The molecule has 0 aliphatic heterocycles. The number of hydrogen-bond donors (Lipinski definition) is 0. The molecule has 27 heavy (non-hydrogen) atoms. The van der Waals surface area contributed by atoms with E-state index in [2.05, 4.69) is 72.3 Å². The maximum atomic E-state index is 5.68. The van der Waals surface area contributed by atoms with Gasteiger partial charge in [0.25, 0.3) is 0 Å². The highest BCUT2D eigenvalue weighted by atomic mass is 16.3. The van der Waals surface area contributed by atoms with E-state index in [4.69, 9.17) is 4.42 Å². The van der Waals surface area contributed by atoms with E-state index in [-0.39, 0.29) is 0 Å².